The van der Waals surface area contributed by atoms with Crippen LogP contribution in [0, 0.1) is 17.8 Å². The SMILES string of the molecule is CC(C)(C)[Si](OC[C@H]1C/C=C/[C@H](O)[C@@H]2CC[C@H]2CN2C[C@@]3(CCCc4cc(Cl)ccc43)COc3ccc(cc32)C(=O)NS(=O)(=O)C1)(c1ccccc1)c1ccccc1. The number of rotatable bonds is 5. The first kappa shape index (κ1) is 40.8. The van der Waals surface area contributed by atoms with Gasteiger partial charge in [-0.15, -0.1) is 0 Å². The van der Waals surface area contributed by atoms with Gasteiger partial charge in [-0.1, -0.05) is 111 Å². The van der Waals surface area contributed by atoms with Crippen LogP contribution in [0.4, 0.5) is 5.69 Å². The Morgan fingerprint density at radius 3 is 2.38 bits per heavy atom. The Kier molecular flexibility index (Phi) is 11.4. The normalized spacial score (nSPS) is 26.6. The number of sulfonamides is 1. The lowest BCUT2D eigenvalue weighted by Crippen LogP contribution is -2.67. The number of allylic oxidation sites excluding steroid dienone is 1. The third kappa shape index (κ3) is 8.03. The van der Waals surface area contributed by atoms with Gasteiger partial charge in [-0.25, -0.2) is 13.1 Å². The topological polar surface area (TPSA) is 105 Å². The minimum absolute atomic E-state index is 0.0483. The number of anilines is 1. The van der Waals surface area contributed by atoms with Crippen molar-refractivity contribution in [1.29, 1.82) is 0 Å². The Hall–Kier alpha value is -3.93. The van der Waals surface area contributed by atoms with Crippen LogP contribution in [0.2, 0.25) is 10.1 Å². The first-order valence-corrected chi connectivity index (χ1v) is 24.7. The standard InChI is InChI=1S/C47H55ClN2O6SSi/c1-46(2,3)58(38-14-6-4-7-15-38,39-16-8-5-9-17-39)56-29-33-12-10-18-43(51)40-22-19-36(40)28-50-31-47(25-11-13-34-26-37(48)21-23-41(34)47)32-55-44-24-20-35(27-42(44)50)45(52)49-57(53,54)30-33/h4-10,14-18,20-21,23-24,26-27,33,36,40,43,51H,11-13,19,22,25,28-32H2,1-3H3,(H,49,52)/b18-10+/t33-,36+,40-,43+,47+/m1/s1. The summed E-state index contributed by atoms with van der Waals surface area (Å²) < 4.78 is 44.3. The summed E-state index contributed by atoms with van der Waals surface area (Å²) in [5, 5.41) is 14.3. The van der Waals surface area contributed by atoms with E-state index in [9.17, 15) is 18.3 Å². The molecule has 1 fully saturated rings. The van der Waals surface area contributed by atoms with Crippen LogP contribution in [0.1, 0.15) is 74.4 Å². The summed E-state index contributed by atoms with van der Waals surface area (Å²) in [6.07, 6.45) is 8.23. The number of benzene rings is 4. The molecule has 4 aromatic carbocycles. The fourth-order valence-corrected chi connectivity index (χ4v) is 16.3. The number of nitrogens with one attached hydrogen (secondary N) is 1. The number of ether oxygens (including phenoxy) is 1. The molecule has 4 aromatic rings. The minimum atomic E-state index is -4.13. The number of aryl methyl sites for hydroxylation is 1. The van der Waals surface area contributed by atoms with E-state index in [-0.39, 0.29) is 40.2 Å². The number of hydrogen-bond donors (Lipinski definition) is 2. The molecule has 2 heterocycles. The second kappa shape index (κ2) is 16.3. The summed E-state index contributed by atoms with van der Waals surface area (Å²) in [4.78, 5) is 16.3. The van der Waals surface area contributed by atoms with Crippen molar-refractivity contribution in [3.05, 3.63) is 131 Å². The van der Waals surface area contributed by atoms with Gasteiger partial charge in [0.2, 0.25) is 10.0 Å². The molecule has 8 rings (SSSR count). The number of nitrogens with zero attached hydrogens (tertiary/aromatic N) is 1. The van der Waals surface area contributed by atoms with E-state index in [1.54, 1.807) is 18.2 Å². The Morgan fingerprint density at radius 2 is 1.71 bits per heavy atom. The van der Waals surface area contributed by atoms with E-state index in [0.29, 0.717) is 31.9 Å². The Balaban J connectivity index is 1.12. The van der Waals surface area contributed by atoms with Crippen LogP contribution in [0.3, 0.4) is 0 Å². The molecule has 0 unspecified atom stereocenters. The second-order valence-electron chi connectivity index (χ2n) is 18.0. The van der Waals surface area contributed by atoms with Gasteiger partial charge in [0.15, 0.2) is 0 Å². The number of aliphatic hydroxyl groups is 1. The van der Waals surface area contributed by atoms with E-state index in [1.165, 1.54) is 11.1 Å². The smallest absolute Gasteiger partial charge is 0.264 e. The maximum absolute atomic E-state index is 14.0. The zero-order valence-electron chi connectivity index (χ0n) is 33.7. The molecular formula is C47H55ClN2O6SSi. The van der Waals surface area contributed by atoms with Crippen molar-refractivity contribution in [1.82, 2.24) is 4.72 Å². The van der Waals surface area contributed by atoms with Gasteiger partial charge in [0.05, 0.1) is 24.2 Å². The molecule has 2 aliphatic carbocycles. The number of carbonyl (C=O) groups excluding carboxylic acids is 1. The monoisotopic (exact) mass is 838 g/mol. The summed E-state index contributed by atoms with van der Waals surface area (Å²) in [5.74, 6) is -0.569. The van der Waals surface area contributed by atoms with Gasteiger partial charge in [0.1, 0.15) is 5.75 Å². The van der Waals surface area contributed by atoms with Gasteiger partial charge >= 0.3 is 0 Å². The lowest BCUT2D eigenvalue weighted by atomic mass is 9.68. The predicted octanol–water partition coefficient (Wildman–Crippen LogP) is 7.41. The molecule has 1 spiro atoms. The van der Waals surface area contributed by atoms with Crippen molar-refractivity contribution < 1.29 is 27.5 Å². The molecule has 11 heteroatoms. The Labute approximate surface area is 349 Å². The molecule has 8 nitrogen and oxygen atoms in total. The van der Waals surface area contributed by atoms with E-state index < -0.39 is 36.3 Å². The highest BCUT2D eigenvalue weighted by Crippen LogP contribution is 2.47. The van der Waals surface area contributed by atoms with Crippen LogP contribution >= 0.6 is 11.6 Å². The molecule has 2 N–H and O–H groups in total. The zero-order valence-corrected chi connectivity index (χ0v) is 36.3. The van der Waals surface area contributed by atoms with Crippen molar-refractivity contribution in [2.75, 3.05) is 37.0 Å². The number of aliphatic hydroxyl groups excluding tert-OH is 1. The third-order valence-electron chi connectivity index (χ3n) is 13.1. The average molecular weight is 840 g/mol. The number of amides is 1. The third-order valence-corrected chi connectivity index (χ3v) is 19.8. The van der Waals surface area contributed by atoms with Crippen LogP contribution in [0.25, 0.3) is 0 Å². The van der Waals surface area contributed by atoms with Gasteiger partial charge in [-0.2, -0.15) is 0 Å². The molecule has 2 bridgehead atoms. The molecule has 306 valence electrons. The van der Waals surface area contributed by atoms with Gasteiger partial charge in [0, 0.05) is 41.6 Å². The molecule has 58 heavy (non-hydrogen) atoms. The van der Waals surface area contributed by atoms with E-state index in [4.69, 9.17) is 20.8 Å². The van der Waals surface area contributed by atoms with Gasteiger partial charge < -0.3 is 19.2 Å². The molecule has 4 aliphatic rings. The Bertz CT molecular complexity index is 2230. The average Bonchev–Trinajstić information content (AvgIpc) is 3.32. The van der Waals surface area contributed by atoms with Crippen LogP contribution in [0.5, 0.6) is 5.75 Å². The van der Waals surface area contributed by atoms with Crippen molar-refractivity contribution >= 4 is 51.9 Å². The lowest BCUT2D eigenvalue weighted by Gasteiger charge is -2.45. The first-order valence-electron chi connectivity index (χ1n) is 20.7. The maximum atomic E-state index is 14.0. The van der Waals surface area contributed by atoms with Crippen LogP contribution < -0.4 is 24.7 Å². The van der Waals surface area contributed by atoms with Crippen molar-refractivity contribution in [3.63, 3.8) is 0 Å². The predicted molar refractivity (Wildman–Crippen MR) is 235 cm³/mol. The molecular weight excluding hydrogens is 784 g/mol. The fourth-order valence-electron chi connectivity index (χ4n) is 10.1. The van der Waals surface area contributed by atoms with E-state index in [1.807, 2.05) is 54.6 Å². The van der Waals surface area contributed by atoms with Gasteiger partial charge in [0.25, 0.3) is 14.2 Å². The van der Waals surface area contributed by atoms with E-state index >= 15 is 0 Å². The molecule has 0 radical (unpaired) electrons. The summed E-state index contributed by atoms with van der Waals surface area (Å²) in [5.41, 5.74) is 3.20. The molecule has 0 aromatic heterocycles. The number of carbonyl (C=O) groups is 1. The highest BCUT2D eigenvalue weighted by molar-refractivity contribution is 7.90. The fraction of sp³-hybridized carbons (Fsp3) is 0.426. The second-order valence-corrected chi connectivity index (χ2v) is 24.5. The van der Waals surface area contributed by atoms with Crippen molar-refractivity contribution in [2.24, 2.45) is 17.8 Å². The zero-order chi connectivity index (χ0) is 40.7. The maximum Gasteiger partial charge on any atom is 0.264 e. The van der Waals surface area contributed by atoms with Crippen molar-refractivity contribution in [3.8, 4) is 5.75 Å². The highest BCUT2D eigenvalue weighted by Gasteiger charge is 2.51. The number of hydrogen-bond acceptors (Lipinski definition) is 7. The summed E-state index contributed by atoms with van der Waals surface area (Å²) in [7, 11) is -7.11. The minimum Gasteiger partial charge on any atom is -0.490 e. The van der Waals surface area contributed by atoms with Crippen molar-refractivity contribution in [2.45, 2.75) is 75.9 Å². The van der Waals surface area contributed by atoms with Crippen LogP contribution in [0.15, 0.2) is 109 Å². The van der Waals surface area contributed by atoms with Crippen LogP contribution in [-0.2, 0) is 26.3 Å². The van der Waals surface area contributed by atoms with Gasteiger partial charge in [-0.3, -0.25) is 4.79 Å². The summed E-state index contributed by atoms with van der Waals surface area (Å²) >= 11 is 6.46. The molecule has 5 atom stereocenters. The first-order chi connectivity index (χ1) is 27.8. The quantitative estimate of drug-likeness (QED) is 0.159. The summed E-state index contributed by atoms with van der Waals surface area (Å²) in [6, 6.07) is 31.9. The Morgan fingerprint density at radius 1 is 0.983 bits per heavy atom. The largest absolute Gasteiger partial charge is 0.490 e. The number of fused-ring (bicyclic) bond motifs is 4. The molecule has 1 amide bonds. The molecule has 0 saturated heterocycles. The highest BCUT2D eigenvalue weighted by atomic mass is 35.5. The van der Waals surface area contributed by atoms with Gasteiger partial charge in [-0.05, 0) is 107 Å². The van der Waals surface area contributed by atoms with Crippen LogP contribution in [-0.4, -0.2) is 65.9 Å². The molecule has 2 aliphatic heterocycles. The van der Waals surface area contributed by atoms with E-state index in [0.717, 1.165) is 53.2 Å². The number of halogens is 1. The molecule has 1 saturated carbocycles. The lowest BCUT2D eigenvalue weighted by molar-refractivity contribution is 0.0455. The van der Waals surface area contributed by atoms with E-state index in [2.05, 4.69) is 66.8 Å². The summed E-state index contributed by atoms with van der Waals surface area (Å²) in [6.45, 7) is 8.54.